The third-order valence-corrected chi connectivity index (χ3v) is 4.90. The number of fused-ring (bicyclic) bond motifs is 2. The molecule has 0 fully saturated rings. The van der Waals surface area contributed by atoms with Crippen LogP contribution in [0.4, 0.5) is 4.39 Å². The minimum Gasteiger partial charge on any atom is -0.496 e. The fraction of sp³-hybridized carbons (Fsp3) is 0.227. The Hall–Kier alpha value is -3.08. The van der Waals surface area contributed by atoms with Gasteiger partial charge < -0.3 is 14.8 Å². The second-order valence-electron chi connectivity index (χ2n) is 6.56. The maximum Gasteiger partial charge on any atom is 0.252 e. The zero-order valence-electron chi connectivity index (χ0n) is 15.0. The monoisotopic (exact) mass is 365 g/mol. The molecule has 5 heteroatoms. The van der Waals surface area contributed by atoms with Gasteiger partial charge >= 0.3 is 0 Å². The predicted molar refractivity (Wildman–Crippen MR) is 102 cm³/mol. The van der Waals surface area contributed by atoms with Crippen LogP contribution in [0.15, 0.2) is 54.6 Å². The molecule has 0 aliphatic carbocycles. The Morgan fingerprint density at radius 1 is 1.15 bits per heavy atom. The first kappa shape index (κ1) is 17.3. The summed E-state index contributed by atoms with van der Waals surface area (Å²) in [6, 6.07) is 15.3. The SMILES string of the molecule is COc1ccc(C(=O)N[C@H]2CCCOc3ccc(F)cc32)c2ccccc12. The number of amides is 1. The molecule has 0 radical (unpaired) electrons. The van der Waals surface area contributed by atoms with Crippen LogP contribution in [0.5, 0.6) is 11.5 Å². The van der Waals surface area contributed by atoms with Crippen LogP contribution in [0.1, 0.15) is 34.8 Å². The summed E-state index contributed by atoms with van der Waals surface area (Å²) >= 11 is 0. The van der Waals surface area contributed by atoms with Crippen molar-refractivity contribution < 1.29 is 18.7 Å². The van der Waals surface area contributed by atoms with Gasteiger partial charge in [-0.3, -0.25) is 4.79 Å². The number of hydrogen-bond acceptors (Lipinski definition) is 3. The second-order valence-corrected chi connectivity index (χ2v) is 6.56. The lowest BCUT2D eigenvalue weighted by molar-refractivity contribution is 0.0936. The second kappa shape index (κ2) is 7.27. The van der Waals surface area contributed by atoms with Crippen molar-refractivity contribution in [2.45, 2.75) is 18.9 Å². The molecule has 1 aliphatic heterocycles. The summed E-state index contributed by atoms with van der Waals surface area (Å²) in [6.07, 6.45) is 1.47. The lowest BCUT2D eigenvalue weighted by atomic mass is 9.99. The number of carbonyl (C=O) groups is 1. The third kappa shape index (κ3) is 3.33. The summed E-state index contributed by atoms with van der Waals surface area (Å²) in [7, 11) is 1.61. The molecule has 1 N–H and O–H groups in total. The normalized spacial score (nSPS) is 16.1. The molecule has 0 aromatic heterocycles. The number of nitrogens with one attached hydrogen (secondary N) is 1. The molecule has 1 amide bonds. The highest BCUT2D eigenvalue weighted by Crippen LogP contribution is 2.33. The molecule has 4 rings (SSSR count). The number of ether oxygens (including phenoxy) is 2. The number of hydrogen-bond donors (Lipinski definition) is 1. The summed E-state index contributed by atoms with van der Waals surface area (Å²) in [5.41, 5.74) is 1.24. The van der Waals surface area contributed by atoms with Crippen LogP contribution in [-0.4, -0.2) is 19.6 Å². The average Bonchev–Trinajstić information content (AvgIpc) is 2.89. The molecule has 4 nitrogen and oxygen atoms in total. The summed E-state index contributed by atoms with van der Waals surface area (Å²) in [6.45, 7) is 0.552. The first-order valence-corrected chi connectivity index (χ1v) is 8.96. The van der Waals surface area contributed by atoms with Gasteiger partial charge in [0.05, 0.1) is 19.8 Å². The van der Waals surface area contributed by atoms with Gasteiger partial charge in [-0.2, -0.15) is 0 Å². The highest BCUT2D eigenvalue weighted by Gasteiger charge is 2.23. The van der Waals surface area contributed by atoms with E-state index in [2.05, 4.69) is 5.32 Å². The van der Waals surface area contributed by atoms with E-state index in [9.17, 15) is 9.18 Å². The van der Waals surface area contributed by atoms with Crippen molar-refractivity contribution in [3.63, 3.8) is 0 Å². The Kier molecular flexibility index (Phi) is 4.67. The maximum absolute atomic E-state index is 13.8. The fourth-order valence-electron chi connectivity index (χ4n) is 3.58. The van der Waals surface area contributed by atoms with Crippen molar-refractivity contribution >= 4 is 16.7 Å². The number of halogens is 1. The van der Waals surface area contributed by atoms with E-state index < -0.39 is 0 Å². The van der Waals surface area contributed by atoms with Crippen LogP contribution < -0.4 is 14.8 Å². The molecular weight excluding hydrogens is 345 g/mol. The standard InChI is InChI=1S/C22H20FNO3/c1-26-20-11-9-17(15-5-2-3-6-16(15)20)22(25)24-19-7-4-12-27-21-10-8-14(23)13-18(19)21/h2-3,5-6,8-11,13,19H,4,7,12H2,1H3,(H,24,25)/t19-/m0/s1. The van der Waals surface area contributed by atoms with E-state index in [0.717, 1.165) is 22.9 Å². The lowest BCUT2D eigenvalue weighted by Crippen LogP contribution is -2.28. The lowest BCUT2D eigenvalue weighted by Gasteiger charge is -2.19. The van der Waals surface area contributed by atoms with Gasteiger partial charge in [-0.25, -0.2) is 4.39 Å². The van der Waals surface area contributed by atoms with Gasteiger partial charge in [0, 0.05) is 16.5 Å². The molecule has 0 spiro atoms. The number of rotatable bonds is 3. The van der Waals surface area contributed by atoms with Crippen LogP contribution in [-0.2, 0) is 0 Å². The zero-order chi connectivity index (χ0) is 18.8. The Morgan fingerprint density at radius 2 is 1.96 bits per heavy atom. The van der Waals surface area contributed by atoms with E-state index in [1.54, 1.807) is 25.3 Å². The van der Waals surface area contributed by atoms with Gasteiger partial charge in [0.15, 0.2) is 0 Å². The molecule has 27 heavy (non-hydrogen) atoms. The Morgan fingerprint density at radius 3 is 2.78 bits per heavy atom. The Balaban J connectivity index is 1.69. The number of carbonyl (C=O) groups excluding carboxylic acids is 1. The van der Waals surface area contributed by atoms with Crippen LogP contribution in [0.3, 0.4) is 0 Å². The van der Waals surface area contributed by atoms with Crippen molar-refractivity contribution in [3.8, 4) is 11.5 Å². The highest BCUT2D eigenvalue weighted by atomic mass is 19.1. The smallest absolute Gasteiger partial charge is 0.252 e. The van der Waals surface area contributed by atoms with Crippen LogP contribution >= 0.6 is 0 Å². The zero-order valence-corrected chi connectivity index (χ0v) is 15.0. The predicted octanol–water partition coefficient (Wildman–Crippen LogP) is 4.63. The Bertz CT molecular complexity index is 1000. The first-order valence-electron chi connectivity index (χ1n) is 8.96. The Labute approximate surface area is 156 Å². The van der Waals surface area contributed by atoms with Gasteiger partial charge in [-0.1, -0.05) is 24.3 Å². The van der Waals surface area contributed by atoms with Crippen molar-refractivity contribution in [1.82, 2.24) is 5.32 Å². The third-order valence-electron chi connectivity index (χ3n) is 4.90. The van der Waals surface area contributed by atoms with Crippen molar-refractivity contribution in [3.05, 3.63) is 71.5 Å². The molecular formula is C22H20FNO3. The largest absolute Gasteiger partial charge is 0.496 e. The molecule has 0 unspecified atom stereocenters. The van der Waals surface area contributed by atoms with Crippen LogP contribution in [0.25, 0.3) is 10.8 Å². The molecule has 3 aromatic rings. The van der Waals surface area contributed by atoms with E-state index in [-0.39, 0.29) is 17.8 Å². The molecule has 0 bridgehead atoms. The van der Waals surface area contributed by atoms with Gasteiger partial charge in [0.2, 0.25) is 0 Å². The van der Waals surface area contributed by atoms with Gasteiger partial charge in [0.25, 0.3) is 5.91 Å². The van der Waals surface area contributed by atoms with E-state index in [1.165, 1.54) is 12.1 Å². The van der Waals surface area contributed by atoms with Gasteiger partial charge in [0.1, 0.15) is 17.3 Å². The average molecular weight is 365 g/mol. The number of methoxy groups -OCH3 is 1. The topological polar surface area (TPSA) is 47.6 Å². The van der Waals surface area contributed by atoms with Crippen molar-refractivity contribution in [2.24, 2.45) is 0 Å². The van der Waals surface area contributed by atoms with E-state index >= 15 is 0 Å². The van der Waals surface area contributed by atoms with E-state index in [1.807, 2.05) is 24.3 Å². The van der Waals surface area contributed by atoms with Crippen molar-refractivity contribution in [2.75, 3.05) is 13.7 Å². The van der Waals surface area contributed by atoms with Gasteiger partial charge in [-0.15, -0.1) is 0 Å². The van der Waals surface area contributed by atoms with Gasteiger partial charge in [-0.05, 0) is 48.6 Å². The minimum atomic E-state index is -0.339. The summed E-state index contributed by atoms with van der Waals surface area (Å²) in [5, 5.41) is 4.76. The molecule has 0 saturated carbocycles. The molecule has 138 valence electrons. The minimum absolute atomic E-state index is 0.198. The van der Waals surface area contributed by atoms with Crippen molar-refractivity contribution in [1.29, 1.82) is 0 Å². The fourth-order valence-corrected chi connectivity index (χ4v) is 3.58. The summed E-state index contributed by atoms with van der Waals surface area (Å²) in [4.78, 5) is 13.0. The van der Waals surface area contributed by atoms with Crippen LogP contribution in [0, 0.1) is 5.82 Å². The summed E-state index contributed by atoms with van der Waals surface area (Å²) in [5.74, 6) is 0.806. The quantitative estimate of drug-likeness (QED) is 0.736. The molecule has 0 saturated heterocycles. The van der Waals surface area contributed by atoms with Crippen LogP contribution in [0.2, 0.25) is 0 Å². The van der Waals surface area contributed by atoms with E-state index in [0.29, 0.717) is 29.9 Å². The molecule has 1 aliphatic rings. The molecule has 1 heterocycles. The molecule has 3 aromatic carbocycles. The molecule has 1 atom stereocenters. The highest BCUT2D eigenvalue weighted by molar-refractivity contribution is 6.08. The summed E-state index contributed by atoms with van der Waals surface area (Å²) < 4.78 is 24.9. The van der Waals surface area contributed by atoms with E-state index in [4.69, 9.17) is 9.47 Å². The maximum atomic E-state index is 13.8. The number of benzene rings is 3. The first-order chi connectivity index (χ1) is 13.2.